The summed E-state index contributed by atoms with van der Waals surface area (Å²) in [6, 6.07) is 14.0. The van der Waals surface area contributed by atoms with Crippen molar-refractivity contribution in [2.24, 2.45) is 0 Å². The number of ether oxygens (including phenoxy) is 1. The van der Waals surface area contributed by atoms with Crippen molar-refractivity contribution in [2.45, 2.75) is 20.0 Å². The molecule has 2 aromatic rings. The summed E-state index contributed by atoms with van der Waals surface area (Å²) in [5.41, 5.74) is 2.01. The minimum Gasteiger partial charge on any atom is -0.481 e. The standard InChI is InChI=1S/C17H15ClN2O2/c1-11-15(18)4-3-5-16(11)20-17(21)12(2)22-14-8-6-13(10-19)7-9-14/h3-9,12H,1-2H3,(H,20,21). The molecule has 0 aliphatic heterocycles. The maximum atomic E-state index is 12.2. The minimum absolute atomic E-state index is 0.269. The summed E-state index contributed by atoms with van der Waals surface area (Å²) in [4.78, 5) is 12.2. The Hall–Kier alpha value is -2.51. The highest BCUT2D eigenvalue weighted by Crippen LogP contribution is 2.23. The molecule has 0 aromatic heterocycles. The molecule has 0 radical (unpaired) electrons. The third-order valence-corrected chi connectivity index (χ3v) is 3.60. The molecule has 0 saturated heterocycles. The fourth-order valence-electron chi connectivity index (χ4n) is 1.84. The number of nitrogens with one attached hydrogen (secondary N) is 1. The summed E-state index contributed by atoms with van der Waals surface area (Å²) in [5, 5.41) is 12.1. The lowest BCUT2D eigenvalue weighted by Gasteiger charge is -2.16. The zero-order valence-electron chi connectivity index (χ0n) is 12.3. The monoisotopic (exact) mass is 314 g/mol. The maximum absolute atomic E-state index is 12.2. The summed E-state index contributed by atoms with van der Waals surface area (Å²) < 4.78 is 5.56. The van der Waals surface area contributed by atoms with Gasteiger partial charge in [-0.3, -0.25) is 4.79 Å². The largest absolute Gasteiger partial charge is 0.481 e. The van der Waals surface area contributed by atoms with E-state index in [1.165, 1.54) is 0 Å². The van der Waals surface area contributed by atoms with Crippen LogP contribution >= 0.6 is 11.6 Å². The predicted octanol–water partition coefficient (Wildman–Crippen LogP) is 3.93. The summed E-state index contributed by atoms with van der Waals surface area (Å²) in [5.74, 6) is 0.263. The Balaban J connectivity index is 2.02. The number of rotatable bonds is 4. The number of halogens is 1. The molecule has 1 amide bonds. The first-order chi connectivity index (χ1) is 10.5. The molecule has 4 nitrogen and oxygen atoms in total. The van der Waals surface area contributed by atoms with E-state index >= 15 is 0 Å². The van der Waals surface area contributed by atoms with Crippen LogP contribution in [0.1, 0.15) is 18.1 Å². The van der Waals surface area contributed by atoms with Gasteiger partial charge in [-0.05, 0) is 55.8 Å². The number of nitriles is 1. The van der Waals surface area contributed by atoms with Crippen LogP contribution in [-0.4, -0.2) is 12.0 Å². The molecule has 2 aromatic carbocycles. The van der Waals surface area contributed by atoms with Gasteiger partial charge >= 0.3 is 0 Å². The van der Waals surface area contributed by atoms with Crippen LogP contribution in [0.15, 0.2) is 42.5 Å². The van der Waals surface area contributed by atoms with E-state index in [0.717, 1.165) is 5.56 Å². The molecule has 0 aliphatic carbocycles. The van der Waals surface area contributed by atoms with Gasteiger partial charge in [0.15, 0.2) is 6.10 Å². The van der Waals surface area contributed by atoms with Crippen molar-refractivity contribution < 1.29 is 9.53 Å². The Labute approximate surface area is 134 Å². The van der Waals surface area contributed by atoms with Crippen LogP contribution in [0, 0.1) is 18.3 Å². The highest BCUT2D eigenvalue weighted by molar-refractivity contribution is 6.31. The van der Waals surface area contributed by atoms with E-state index in [-0.39, 0.29) is 5.91 Å². The molecular formula is C17H15ClN2O2. The van der Waals surface area contributed by atoms with Gasteiger partial charge in [0.05, 0.1) is 11.6 Å². The molecule has 1 N–H and O–H groups in total. The van der Waals surface area contributed by atoms with Gasteiger partial charge in [0.25, 0.3) is 5.91 Å². The van der Waals surface area contributed by atoms with Crippen LogP contribution in [0.5, 0.6) is 5.75 Å². The molecule has 0 bridgehead atoms. The lowest BCUT2D eigenvalue weighted by molar-refractivity contribution is -0.122. The first-order valence-electron chi connectivity index (χ1n) is 6.74. The average Bonchev–Trinajstić information content (AvgIpc) is 2.52. The highest BCUT2D eigenvalue weighted by Gasteiger charge is 2.16. The van der Waals surface area contributed by atoms with Gasteiger partial charge in [-0.1, -0.05) is 17.7 Å². The molecule has 0 aliphatic rings. The molecule has 1 unspecified atom stereocenters. The lowest BCUT2D eigenvalue weighted by atomic mass is 10.2. The molecule has 22 heavy (non-hydrogen) atoms. The van der Waals surface area contributed by atoms with Crippen LogP contribution in [-0.2, 0) is 4.79 Å². The van der Waals surface area contributed by atoms with Crippen LogP contribution in [0.4, 0.5) is 5.69 Å². The fraction of sp³-hybridized carbons (Fsp3) is 0.176. The quantitative estimate of drug-likeness (QED) is 0.930. The Morgan fingerprint density at radius 3 is 2.59 bits per heavy atom. The minimum atomic E-state index is -0.675. The molecule has 0 saturated carbocycles. The second kappa shape index (κ2) is 6.97. The van der Waals surface area contributed by atoms with Gasteiger partial charge < -0.3 is 10.1 Å². The van der Waals surface area contributed by atoms with E-state index in [2.05, 4.69) is 5.32 Å². The molecule has 0 fully saturated rings. The Kier molecular flexibility index (Phi) is 5.03. The van der Waals surface area contributed by atoms with Gasteiger partial charge in [-0.25, -0.2) is 0 Å². The van der Waals surface area contributed by atoms with Gasteiger partial charge in [-0.2, -0.15) is 5.26 Å². The van der Waals surface area contributed by atoms with Crippen molar-refractivity contribution in [3.05, 3.63) is 58.6 Å². The van der Waals surface area contributed by atoms with E-state index in [9.17, 15) is 4.79 Å². The smallest absolute Gasteiger partial charge is 0.265 e. The van der Waals surface area contributed by atoms with E-state index < -0.39 is 6.10 Å². The van der Waals surface area contributed by atoms with Crippen molar-refractivity contribution >= 4 is 23.2 Å². The number of hydrogen-bond donors (Lipinski definition) is 1. The molecule has 0 spiro atoms. The average molecular weight is 315 g/mol. The number of carbonyl (C=O) groups excluding carboxylic acids is 1. The van der Waals surface area contributed by atoms with Crippen LogP contribution in [0.3, 0.4) is 0 Å². The van der Waals surface area contributed by atoms with Crippen molar-refractivity contribution in [1.82, 2.24) is 0 Å². The van der Waals surface area contributed by atoms with Gasteiger partial charge in [0.2, 0.25) is 0 Å². The number of nitrogens with zero attached hydrogens (tertiary/aromatic N) is 1. The van der Waals surface area contributed by atoms with Gasteiger partial charge in [0.1, 0.15) is 5.75 Å². The van der Waals surface area contributed by atoms with Gasteiger partial charge in [0, 0.05) is 10.7 Å². The van der Waals surface area contributed by atoms with Crippen molar-refractivity contribution in [1.29, 1.82) is 5.26 Å². The molecule has 2 rings (SSSR count). The summed E-state index contributed by atoms with van der Waals surface area (Å²) in [6.45, 7) is 3.50. The van der Waals surface area contributed by atoms with E-state index in [4.69, 9.17) is 21.6 Å². The van der Waals surface area contributed by atoms with Gasteiger partial charge in [-0.15, -0.1) is 0 Å². The summed E-state index contributed by atoms with van der Waals surface area (Å²) in [6.07, 6.45) is -0.675. The van der Waals surface area contributed by atoms with E-state index in [1.54, 1.807) is 49.4 Å². The zero-order chi connectivity index (χ0) is 16.1. The second-order valence-corrected chi connectivity index (χ2v) is 5.21. The molecular weight excluding hydrogens is 300 g/mol. The third-order valence-electron chi connectivity index (χ3n) is 3.19. The molecule has 5 heteroatoms. The number of amides is 1. The number of benzene rings is 2. The summed E-state index contributed by atoms with van der Waals surface area (Å²) >= 11 is 6.03. The Bertz CT molecular complexity index is 720. The molecule has 0 heterocycles. The van der Waals surface area contributed by atoms with Crippen LogP contribution in [0.2, 0.25) is 5.02 Å². The lowest BCUT2D eigenvalue weighted by Crippen LogP contribution is -2.30. The van der Waals surface area contributed by atoms with E-state index in [1.807, 2.05) is 13.0 Å². The maximum Gasteiger partial charge on any atom is 0.265 e. The number of anilines is 1. The molecule has 112 valence electrons. The Morgan fingerprint density at radius 1 is 1.27 bits per heavy atom. The van der Waals surface area contributed by atoms with Crippen molar-refractivity contribution in [3.8, 4) is 11.8 Å². The predicted molar refractivity (Wildman–Crippen MR) is 86.1 cm³/mol. The zero-order valence-corrected chi connectivity index (χ0v) is 13.0. The molecule has 1 atom stereocenters. The highest BCUT2D eigenvalue weighted by atomic mass is 35.5. The fourth-order valence-corrected chi connectivity index (χ4v) is 2.02. The normalized spacial score (nSPS) is 11.4. The van der Waals surface area contributed by atoms with Crippen molar-refractivity contribution in [3.63, 3.8) is 0 Å². The Morgan fingerprint density at radius 2 is 1.95 bits per heavy atom. The first kappa shape index (κ1) is 15.9. The topological polar surface area (TPSA) is 62.1 Å². The first-order valence-corrected chi connectivity index (χ1v) is 7.12. The van der Waals surface area contributed by atoms with Crippen molar-refractivity contribution in [2.75, 3.05) is 5.32 Å². The number of carbonyl (C=O) groups is 1. The third kappa shape index (κ3) is 3.78. The van der Waals surface area contributed by atoms with Crippen LogP contribution < -0.4 is 10.1 Å². The van der Waals surface area contributed by atoms with E-state index in [0.29, 0.717) is 22.0 Å². The summed E-state index contributed by atoms with van der Waals surface area (Å²) in [7, 11) is 0. The van der Waals surface area contributed by atoms with Crippen LogP contribution in [0.25, 0.3) is 0 Å². The number of hydrogen-bond acceptors (Lipinski definition) is 3. The SMILES string of the molecule is Cc1c(Cl)cccc1NC(=O)C(C)Oc1ccc(C#N)cc1. The second-order valence-electron chi connectivity index (χ2n) is 4.80.